The smallest absolute Gasteiger partial charge is 0.237 e. The predicted octanol–water partition coefficient (Wildman–Crippen LogP) is 2.05. The van der Waals surface area contributed by atoms with Crippen LogP contribution in [-0.2, 0) is 4.79 Å². The molecule has 3 nitrogen and oxygen atoms in total. The molecular weight excluding hydrogens is 200 g/mol. The Morgan fingerprint density at radius 2 is 2.12 bits per heavy atom. The summed E-state index contributed by atoms with van der Waals surface area (Å²) in [5.74, 6) is 0.492. The number of carbonyl (C=O) groups is 1. The molecule has 0 aromatic heterocycles. The van der Waals surface area contributed by atoms with E-state index in [2.05, 4.69) is 33.0 Å². The summed E-state index contributed by atoms with van der Waals surface area (Å²) in [6.07, 6.45) is 4.25. The van der Waals surface area contributed by atoms with E-state index in [9.17, 15) is 4.79 Å². The third-order valence-corrected chi connectivity index (χ3v) is 3.64. The average molecular weight is 226 g/mol. The highest BCUT2D eigenvalue weighted by atomic mass is 16.2. The Morgan fingerprint density at radius 1 is 1.50 bits per heavy atom. The molecule has 94 valence electrons. The van der Waals surface area contributed by atoms with Gasteiger partial charge in [-0.15, -0.1) is 0 Å². The van der Waals surface area contributed by atoms with Crippen LogP contribution >= 0.6 is 0 Å². The lowest BCUT2D eigenvalue weighted by molar-refractivity contribution is -0.124. The highest BCUT2D eigenvalue weighted by molar-refractivity contribution is 5.81. The number of amides is 1. The summed E-state index contributed by atoms with van der Waals surface area (Å²) < 4.78 is 0. The molecule has 3 heteroatoms. The van der Waals surface area contributed by atoms with Gasteiger partial charge in [0.2, 0.25) is 5.91 Å². The summed E-state index contributed by atoms with van der Waals surface area (Å²) in [7, 11) is 0. The lowest BCUT2D eigenvalue weighted by atomic mass is 9.87. The third-order valence-electron chi connectivity index (χ3n) is 3.64. The molecule has 1 aliphatic rings. The van der Waals surface area contributed by atoms with Crippen molar-refractivity contribution in [2.75, 3.05) is 0 Å². The quantitative estimate of drug-likeness (QED) is 0.771. The Labute approximate surface area is 99.2 Å². The molecule has 0 heterocycles. The Balaban J connectivity index is 2.45. The second kappa shape index (κ2) is 5.17. The lowest BCUT2D eigenvalue weighted by Gasteiger charge is -2.29. The molecule has 0 aromatic carbocycles. The number of nitrogens with two attached hydrogens (primary N) is 1. The topological polar surface area (TPSA) is 55.1 Å². The number of hydrogen-bond donors (Lipinski definition) is 2. The van der Waals surface area contributed by atoms with Gasteiger partial charge in [-0.1, -0.05) is 34.1 Å². The fourth-order valence-electron chi connectivity index (χ4n) is 2.49. The standard InChI is InChI=1S/C13H26N2O/c1-9(2)8-10(14)12(16)15-11-6-5-7-13(11,3)4/h9-11H,5-8,14H2,1-4H3,(H,15,16)/t10-,11?/m0/s1. The summed E-state index contributed by atoms with van der Waals surface area (Å²) in [5.41, 5.74) is 6.10. The van der Waals surface area contributed by atoms with Crippen molar-refractivity contribution in [3.8, 4) is 0 Å². The molecule has 0 bridgehead atoms. The van der Waals surface area contributed by atoms with Gasteiger partial charge < -0.3 is 11.1 Å². The van der Waals surface area contributed by atoms with Gasteiger partial charge in [-0.2, -0.15) is 0 Å². The first-order valence-corrected chi connectivity index (χ1v) is 6.39. The van der Waals surface area contributed by atoms with Crippen LogP contribution in [-0.4, -0.2) is 18.0 Å². The van der Waals surface area contributed by atoms with Gasteiger partial charge in [-0.05, 0) is 30.6 Å². The van der Waals surface area contributed by atoms with Gasteiger partial charge in [0.15, 0.2) is 0 Å². The number of nitrogens with one attached hydrogen (secondary N) is 1. The summed E-state index contributed by atoms with van der Waals surface area (Å²) in [4.78, 5) is 11.9. The molecule has 0 saturated heterocycles. The first kappa shape index (κ1) is 13.5. The second-order valence-electron chi connectivity index (χ2n) is 6.18. The molecule has 2 atom stereocenters. The highest BCUT2D eigenvalue weighted by Crippen LogP contribution is 2.37. The van der Waals surface area contributed by atoms with Crippen LogP contribution < -0.4 is 11.1 Å². The summed E-state index contributed by atoms with van der Waals surface area (Å²) in [6.45, 7) is 8.62. The van der Waals surface area contributed by atoms with Crippen LogP contribution in [0.4, 0.5) is 0 Å². The van der Waals surface area contributed by atoms with Crippen LogP contribution in [0.1, 0.15) is 53.4 Å². The minimum Gasteiger partial charge on any atom is -0.351 e. The molecule has 0 radical (unpaired) electrons. The average Bonchev–Trinajstić information content (AvgIpc) is 2.44. The van der Waals surface area contributed by atoms with Crippen molar-refractivity contribution >= 4 is 5.91 Å². The molecular formula is C13H26N2O. The summed E-state index contributed by atoms with van der Waals surface area (Å²) >= 11 is 0. The zero-order valence-corrected chi connectivity index (χ0v) is 11.0. The predicted molar refractivity (Wildman–Crippen MR) is 67.0 cm³/mol. The van der Waals surface area contributed by atoms with Crippen LogP contribution in [0.3, 0.4) is 0 Å². The molecule has 1 rings (SSSR count). The van der Waals surface area contributed by atoms with Crippen molar-refractivity contribution in [2.24, 2.45) is 17.1 Å². The monoisotopic (exact) mass is 226 g/mol. The van der Waals surface area contributed by atoms with Crippen molar-refractivity contribution in [1.29, 1.82) is 0 Å². The third kappa shape index (κ3) is 3.48. The van der Waals surface area contributed by atoms with Gasteiger partial charge in [0.1, 0.15) is 0 Å². The van der Waals surface area contributed by atoms with Gasteiger partial charge >= 0.3 is 0 Å². The molecule has 3 N–H and O–H groups in total. The normalized spacial score (nSPS) is 25.8. The first-order valence-electron chi connectivity index (χ1n) is 6.39. The molecule has 1 unspecified atom stereocenters. The maximum atomic E-state index is 11.9. The first-order chi connectivity index (χ1) is 7.33. The SMILES string of the molecule is CC(C)C[C@H](N)C(=O)NC1CCCC1(C)C. The van der Waals surface area contributed by atoms with Crippen molar-refractivity contribution in [1.82, 2.24) is 5.32 Å². The largest absolute Gasteiger partial charge is 0.351 e. The Morgan fingerprint density at radius 3 is 2.56 bits per heavy atom. The Bertz CT molecular complexity index is 248. The number of carbonyl (C=O) groups excluding carboxylic acids is 1. The molecule has 0 aromatic rings. The van der Waals surface area contributed by atoms with Gasteiger partial charge in [0.25, 0.3) is 0 Å². The maximum absolute atomic E-state index is 11.9. The van der Waals surface area contributed by atoms with E-state index in [1.807, 2.05) is 0 Å². The van der Waals surface area contributed by atoms with E-state index in [0.29, 0.717) is 12.0 Å². The highest BCUT2D eigenvalue weighted by Gasteiger charge is 2.36. The molecule has 1 fully saturated rings. The van der Waals surface area contributed by atoms with Crippen molar-refractivity contribution in [3.63, 3.8) is 0 Å². The van der Waals surface area contributed by atoms with E-state index in [-0.39, 0.29) is 17.4 Å². The van der Waals surface area contributed by atoms with E-state index in [1.54, 1.807) is 0 Å². The van der Waals surface area contributed by atoms with Crippen molar-refractivity contribution < 1.29 is 4.79 Å². The molecule has 1 saturated carbocycles. The zero-order valence-electron chi connectivity index (χ0n) is 11.0. The molecule has 0 spiro atoms. The van der Waals surface area contributed by atoms with Gasteiger partial charge in [-0.3, -0.25) is 4.79 Å². The fraction of sp³-hybridized carbons (Fsp3) is 0.923. The van der Waals surface area contributed by atoms with Crippen LogP contribution in [0.15, 0.2) is 0 Å². The number of rotatable bonds is 4. The van der Waals surface area contributed by atoms with Gasteiger partial charge in [0, 0.05) is 6.04 Å². The fourth-order valence-corrected chi connectivity index (χ4v) is 2.49. The summed E-state index contributed by atoms with van der Waals surface area (Å²) in [6, 6.07) is -0.0467. The van der Waals surface area contributed by atoms with Gasteiger partial charge in [-0.25, -0.2) is 0 Å². The van der Waals surface area contributed by atoms with E-state index in [4.69, 9.17) is 5.73 Å². The summed E-state index contributed by atoms with van der Waals surface area (Å²) in [5, 5.41) is 3.11. The van der Waals surface area contributed by atoms with Crippen LogP contribution in [0.25, 0.3) is 0 Å². The van der Waals surface area contributed by atoms with Gasteiger partial charge in [0.05, 0.1) is 6.04 Å². The minimum atomic E-state index is -0.351. The van der Waals surface area contributed by atoms with E-state index < -0.39 is 0 Å². The van der Waals surface area contributed by atoms with Crippen LogP contribution in [0.5, 0.6) is 0 Å². The second-order valence-corrected chi connectivity index (χ2v) is 6.18. The molecule has 0 aliphatic heterocycles. The Hall–Kier alpha value is -0.570. The molecule has 1 aliphatic carbocycles. The van der Waals surface area contributed by atoms with Crippen LogP contribution in [0.2, 0.25) is 0 Å². The van der Waals surface area contributed by atoms with Crippen molar-refractivity contribution in [3.05, 3.63) is 0 Å². The zero-order chi connectivity index (χ0) is 12.3. The van der Waals surface area contributed by atoms with Crippen molar-refractivity contribution in [2.45, 2.75) is 65.5 Å². The molecule has 1 amide bonds. The number of hydrogen-bond acceptors (Lipinski definition) is 2. The van der Waals surface area contributed by atoms with E-state index in [0.717, 1.165) is 12.8 Å². The maximum Gasteiger partial charge on any atom is 0.237 e. The van der Waals surface area contributed by atoms with Crippen LogP contribution in [0, 0.1) is 11.3 Å². The molecule has 16 heavy (non-hydrogen) atoms. The van der Waals surface area contributed by atoms with E-state index in [1.165, 1.54) is 12.8 Å². The Kier molecular flexibility index (Phi) is 4.36. The van der Waals surface area contributed by atoms with E-state index >= 15 is 0 Å². The lowest BCUT2D eigenvalue weighted by Crippen LogP contribution is -2.49. The minimum absolute atomic E-state index is 0.0219.